The lowest BCUT2D eigenvalue weighted by Crippen LogP contribution is -2.28. The predicted octanol–water partition coefficient (Wildman–Crippen LogP) is 2.62. The highest BCUT2D eigenvalue weighted by atomic mass is 16.6. The number of amides is 2. The highest BCUT2D eigenvalue weighted by Crippen LogP contribution is 2.26. The minimum Gasteiger partial charge on any atom is -0.447 e. The standard InChI is InChI=1S/C21H23N3O5/c1-13-11-17(14-5-7-22-8-6-14)29-20(26)18(13)19(25)23-15-3-2-4-16(12-15)24-9-10-28-21(24)27/h2-4,11-12,14,22H,5-10H2,1H3,(H,23,25). The minimum absolute atomic E-state index is 0.00586. The van der Waals surface area contributed by atoms with Crippen molar-refractivity contribution in [3.8, 4) is 0 Å². The van der Waals surface area contributed by atoms with E-state index >= 15 is 0 Å². The largest absolute Gasteiger partial charge is 0.447 e. The number of carbonyl (C=O) groups excluding carboxylic acids is 2. The van der Waals surface area contributed by atoms with E-state index in [1.807, 2.05) is 0 Å². The third kappa shape index (κ3) is 4.02. The fraction of sp³-hybridized carbons (Fsp3) is 0.381. The SMILES string of the molecule is Cc1cc(C2CCNCC2)oc(=O)c1C(=O)Nc1cccc(N2CCOC2=O)c1. The highest BCUT2D eigenvalue weighted by molar-refractivity contribution is 6.05. The first-order valence-electron chi connectivity index (χ1n) is 9.74. The number of aryl methyl sites for hydroxylation is 1. The molecule has 2 saturated heterocycles. The monoisotopic (exact) mass is 397 g/mol. The summed E-state index contributed by atoms with van der Waals surface area (Å²) < 4.78 is 10.4. The van der Waals surface area contributed by atoms with E-state index in [1.54, 1.807) is 37.3 Å². The minimum atomic E-state index is -0.629. The molecule has 0 radical (unpaired) electrons. The summed E-state index contributed by atoms with van der Waals surface area (Å²) in [5.74, 6) is 0.297. The van der Waals surface area contributed by atoms with Gasteiger partial charge in [-0.25, -0.2) is 9.59 Å². The molecule has 0 spiro atoms. The average molecular weight is 397 g/mol. The van der Waals surface area contributed by atoms with Crippen molar-refractivity contribution in [3.63, 3.8) is 0 Å². The Hall–Kier alpha value is -3.13. The Kier molecular flexibility index (Phi) is 5.35. The molecule has 0 unspecified atom stereocenters. The zero-order chi connectivity index (χ0) is 20.4. The molecule has 0 bridgehead atoms. The van der Waals surface area contributed by atoms with Crippen LogP contribution in [0.1, 0.15) is 40.4 Å². The molecule has 0 aliphatic carbocycles. The summed E-state index contributed by atoms with van der Waals surface area (Å²) in [6.07, 6.45) is 1.39. The maximum absolute atomic E-state index is 12.8. The number of benzene rings is 1. The molecule has 29 heavy (non-hydrogen) atoms. The van der Waals surface area contributed by atoms with Crippen LogP contribution in [-0.4, -0.2) is 38.2 Å². The van der Waals surface area contributed by atoms with E-state index in [1.165, 1.54) is 4.90 Å². The van der Waals surface area contributed by atoms with Crippen molar-refractivity contribution in [2.45, 2.75) is 25.7 Å². The van der Waals surface area contributed by atoms with Crippen molar-refractivity contribution in [2.75, 3.05) is 36.5 Å². The van der Waals surface area contributed by atoms with Gasteiger partial charge in [0.05, 0.1) is 6.54 Å². The van der Waals surface area contributed by atoms with E-state index in [9.17, 15) is 14.4 Å². The van der Waals surface area contributed by atoms with Gasteiger partial charge in [0, 0.05) is 17.3 Å². The summed E-state index contributed by atoms with van der Waals surface area (Å²) in [4.78, 5) is 38.5. The molecule has 4 rings (SSSR count). The molecule has 2 aromatic rings. The first-order chi connectivity index (χ1) is 14.0. The Balaban J connectivity index is 1.54. The molecule has 2 N–H and O–H groups in total. The molecule has 8 nitrogen and oxygen atoms in total. The first kappa shape index (κ1) is 19.2. The molecule has 2 fully saturated rings. The van der Waals surface area contributed by atoms with Crippen LogP contribution in [0, 0.1) is 6.92 Å². The quantitative estimate of drug-likeness (QED) is 0.823. The summed E-state index contributed by atoms with van der Waals surface area (Å²) in [5.41, 5.74) is 1.05. The first-order valence-corrected chi connectivity index (χ1v) is 9.74. The van der Waals surface area contributed by atoms with Crippen molar-refractivity contribution in [3.05, 3.63) is 57.6 Å². The van der Waals surface area contributed by atoms with Crippen LogP contribution in [0.3, 0.4) is 0 Å². The second-order valence-electron chi connectivity index (χ2n) is 7.29. The van der Waals surface area contributed by atoms with Gasteiger partial charge < -0.3 is 19.8 Å². The van der Waals surface area contributed by atoms with Gasteiger partial charge in [-0.1, -0.05) is 6.07 Å². The Bertz CT molecular complexity index is 994. The Morgan fingerprint density at radius 1 is 1.21 bits per heavy atom. The number of hydrogen-bond acceptors (Lipinski definition) is 6. The van der Waals surface area contributed by atoms with E-state index in [-0.39, 0.29) is 11.5 Å². The lowest BCUT2D eigenvalue weighted by atomic mass is 9.94. The smallest absolute Gasteiger partial charge is 0.414 e. The number of hydrogen-bond donors (Lipinski definition) is 2. The van der Waals surface area contributed by atoms with Crippen LogP contribution < -0.4 is 21.2 Å². The number of nitrogens with zero attached hydrogens (tertiary/aromatic N) is 1. The van der Waals surface area contributed by atoms with E-state index in [2.05, 4.69) is 10.6 Å². The lowest BCUT2D eigenvalue weighted by molar-refractivity contribution is 0.102. The zero-order valence-electron chi connectivity index (χ0n) is 16.2. The molecule has 3 heterocycles. The number of anilines is 2. The van der Waals surface area contributed by atoms with Gasteiger partial charge in [-0.3, -0.25) is 9.69 Å². The van der Waals surface area contributed by atoms with Crippen molar-refractivity contribution in [1.29, 1.82) is 0 Å². The molecule has 2 aliphatic heterocycles. The predicted molar refractivity (Wildman–Crippen MR) is 108 cm³/mol. The second kappa shape index (κ2) is 8.08. The van der Waals surface area contributed by atoms with Crippen LogP contribution in [-0.2, 0) is 4.74 Å². The second-order valence-corrected chi connectivity index (χ2v) is 7.29. The van der Waals surface area contributed by atoms with Gasteiger partial charge in [0.25, 0.3) is 5.91 Å². The van der Waals surface area contributed by atoms with Crippen LogP contribution in [0.2, 0.25) is 0 Å². The topological polar surface area (TPSA) is 101 Å². The molecule has 0 saturated carbocycles. The number of carbonyl (C=O) groups is 2. The molecule has 0 atom stereocenters. The number of nitrogens with one attached hydrogen (secondary N) is 2. The number of piperidine rings is 1. The van der Waals surface area contributed by atoms with E-state index < -0.39 is 17.6 Å². The van der Waals surface area contributed by atoms with Gasteiger partial charge in [0.2, 0.25) is 0 Å². The molecule has 2 aliphatic rings. The fourth-order valence-electron chi connectivity index (χ4n) is 3.79. The molecule has 1 aromatic heterocycles. The van der Waals surface area contributed by atoms with E-state index in [0.717, 1.165) is 25.9 Å². The van der Waals surface area contributed by atoms with Crippen molar-refractivity contribution < 1.29 is 18.7 Å². The van der Waals surface area contributed by atoms with Gasteiger partial charge in [-0.2, -0.15) is 0 Å². The Morgan fingerprint density at radius 2 is 2.00 bits per heavy atom. The summed E-state index contributed by atoms with van der Waals surface area (Å²) in [6, 6.07) is 8.65. The maximum Gasteiger partial charge on any atom is 0.414 e. The van der Waals surface area contributed by atoms with Crippen LogP contribution in [0.5, 0.6) is 0 Å². The lowest BCUT2D eigenvalue weighted by Gasteiger charge is -2.22. The van der Waals surface area contributed by atoms with Crippen LogP contribution in [0.25, 0.3) is 0 Å². The van der Waals surface area contributed by atoms with Gasteiger partial charge >= 0.3 is 11.7 Å². The molecular formula is C21H23N3O5. The maximum atomic E-state index is 12.8. The Morgan fingerprint density at radius 3 is 2.69 bits per heavy atom. The summed E-state index contributed by atoms with van der Waals surface area (Å²) in [6.45, 7) is 4.30. The summed E-state index contributed by atoms with van der Waals surface area (Å²) in [7, 11) is 0. The van der Waals surface area contributed by atoms with Crippen molar-refractivity contribution in [2.24, 2.45) is 0 Å². The van der Waals surface area contributed by atoms with Gasteiger partial charge in [-0.05, 0) is 62.7 Å². The van der Waals surface area contributed by atoms with Crippen molar-refractivity contribution in [1.82, 2.24) is 5.32 Å². The van der Waals surface area contributed by atoms with Crippen molar-refractivity contribution >= 4 is 23.4 Å². The third-order valence-electron chi connectivity index (χ3n) is 5.31. The Labute approximate surface area is 167 Å². The molecular weight excluding hydrogens is 374 g/mol. The number of cyclic esters (lactones) is 1. The van der Waals surface area contributed by atoms with E-state index in [0.29, 0.717) is 35.9 Å². The van der Waals surface area contributed by atoms with Gasteiger partial charge in [-0.15, -0.1) is 0 Å². The molecule has 152 valence electrons. The van der Waals surface area contributed by atoms with Crippen LogP contribution in [0.15, 0.2) is 39.5 Å². The highest BCUT2D eigenvalue weighted by Gasteiger charge is 2.25. The summed E-state index contributed by atoms with van der Waals surface area (Å²) in [5, 5.41) is 6.01. The van der Waals surface area contributed by atoms with E-state index in [4.69, 9.17) is 9.15 Å². The molecule has 2 amide bonds. The average Bonchev–Trinajstić information content (AvgIpc) is 3.14. The fourth-order valence-corrected chi connectivity index (χ4v) is 3.79. The third-order valence-corrected chi connectivity index (χ3v) is 5.31. The number of ether oxygens (including phenoxy) is 1. The molecule has 1 aromatic carbocycles. The van der Waals surface area contributed by atoms with Crippen LogP contribution in [0.4, 0.5) is 16.2 Å². The van der Waals surface area contributed by atoms with Gasteiger partial charge in [0.1, 0.15) is 17.9 Å². The normalized spacial score (nSPS) is 17.3. The zero-order valence-corrected chi connectivity index (χ0v) is 16.2. The van der Waals surface area contributed by atoms with Gasteiger partial charge in [0.15, 0.2) is 0 Å². The summed E-state index contributed by atoms with van der Waals surface area (Å²) >= 11 is 0. The van der Waals surface area contributed by atoms with Crippen LogP contribution >= 0.6 is 0 Å². The number of rotatable bonds is 4. The molecule has 8 heteroatoms.